The molecule has 0 unspecified atom stereocenters. The van der Waals surface area contributed by atoms with E-state index in [1.807, 2.05) is 25.1 Å². The van der Waals surface area contributed by atoms with Crippen LogP contribution < -0.4 is 21.1 Å². The van der Waals surface area contributed by atoms with Gasteiger partial charge in [-0.2, -0.15) is 0 Å². The first-order chi connectivity index (χ1) is 12.5. The molecule has 26 heavy (non-hydrogen) atoms. The summed E-state index contributed by atoms with van der Waals surface area (Å²) in [4.78, 5) is 37.3. The number of anilines is 1. The van der Waals surface area contributed by atoms with Gasteiger partial charge in [0.1, 0.15) is 0 Å². The fourth-order valence-corrected chi connectivity index (χ4v) is 2.13. The minimum Gasteiger partial charge on any atom is -0.459 e. The molecule has 0 bridgehead atoms. The van der Waals surface area contributed by atoms with Crippen LogP contribution >= 0.6 is 0 Å². The van der Waals surface area contributed by atoms with Crippen LogP contribution in [-0.4, -0.2) is 38.4 Å². The molecule has 0 saturated heterocycles. The maximum atomic E-state index is 12.1. The number of carbonyl (C=O) groups excluding carboxylic acids is 3. The highest BCUT2D eigenvalue weighted by molar-refractivity contribution is 5.96. The van der Waals surface area contributed by atoms with Gasteiger partial charge in [0, 0.05) is 38.3 Å². The molecule has 8 nitrogen and oxygen atoms in total. The Kier molecular flexibility index (Phi) is 6.78. The molecule has 3 amide bonds. The molecule has 3 N–H and O–H groups in total. The zero-order valence-corrected chi connectivity index (χ0v) is 14.7. The molecule has 0 atom stereocenters. The molecule has 1 heterocycles. The van der Waals surface area contributed by atoms with Crippen LogP contribution in [0, 0.1) is 0 Å². The highest BCUT2D eigenvalue weighted by Crippen LogP contribution is 2.12. The smallest absolute Gasteiger partial charge is 0.286 e. The Labute approximate surface area is 151 Å². The summed E-state index contributed by atoms with van der Waals surface area (Å²) in [6.07, 6.45) is 2.01. The van der Waals surface area contributed by atoms with Crippen molar-refractivity contribution in [3.8, 4) is 0 Å². The quantitative estimate of drug-likeness (QED) is 0.511. The van der Waals surface area contributed by atoms with E-state index in [1.165, 1.54) is 6.26 Å². The van der Waals surface area contributed by atoms with Gasteiger partial charge in [0.25, 0.3) is 11.8 Å². The SMILES string of the molecule is CN(C)c1cccc(C(=O)NNC(=O)CCCNC(=O)c2ccco2)c1. The Morgan fingerprint density at radius 1 is 1.04 bits per heavy atom. The number of furan rings is 1. The summed E-state index contributed by atoms with van der Waals surface area (Å²) in [7, 11) is 3.76. The van der Waals surface area contributed by atoms with E-state index >= 15 is 0 Å². The Morgan fingerprint density at radius 3 is 2.54 bits per heavy atom. The lowest BCUT2D eigenvalue weighted by Crippen LogP contribution is -2.41. The van der Waals surface area contributed by atoms with Crippen LogP contribution in [0.2, 0.25) is 0 Å². The maximum Gasteiger partial charge on any atom is 0.286 e. The molecule has 0 aliphatic heterocycles. The minimum atomic E-state index is -0.395. The van der Waals surface area contributed by atoms with Crippen LogP contribution in [-0.2, 0) is 4.79 Å². The van der Waals surface area contributed by atoms with Crippen LogP contribution in [0.4, 0.5) is 5.69 Å². The summed E-state index contributed by atoms with van der Waals surface area (Å²) in [6, 6.07) is 10.2. The molecule has 0 fully saturated rings. The fraction of sp³-hybridized carbons (Fsp3) is 0.278. The number of rotatable bonds is 7. The summed E-state index contributed by atoms with van der Waals surface area (Å²) < 4.78 is 4.96. The molecular weight excluding hydrogens is 336 g/mol. The Hall–Kier alpha value is -3.29. The van der Waals surface area contributed by atoms with Gasteiger partial charge in [-0.3, -0.25) is 25.2 Å². The Balaban J connectivity index is 1.67. The van der Waals surface area contributed by atoms with Crippen LogP contribution in [0.1, 0.15) is 33.8 Å². The van der Waals surface area contributed by atoms with Gasteiger partial charge in [0.2, 0.25) is 5.91 Å². The third-order valence-electron chi connectivity index (χ3n) is 3.55. The molecule has 1 aromatic carbocycles. The van der Waals surface area contributed by atoms with Gasteiger partial charge in [-0.15, -0.1) is 0 Å². The molecule has 0 saturated carbocycles. The van der Waals surface area contributed by atoms with Crippen molar-refractivity contribution in [3.63, 3.8) is 0 Å². The highest BCUT2D eigenvalue weighted by atomic mass is 16.3. The van der Waals surface area contributed by atoms with Gasteiger partial charge >= 0.3 is 0 Å². The van der Waals surface area contributed by atoms with Crippen molar-refractivity contribution in [2.75, 3.05) is 25.5 Å². The molecule has 0 spiro atoms. The zero-order valence-electron chi connectivity index (χ0n) is 14.7. The first kappa shape index (κ1) is 19.0. The van der Waals surface area contributed by atoms with Gasteiger partial charge in [0.05, 0.1) is 6.26 Å². The summed E-state index contributed by atoms with van der Waals surface area (Å²) in [5.41, 5.74) is 6.07. The topological polar surface area (TPSA) is 104 Å². The lowest BCUT2D eigenvalue weighted by Gasteiger charge is -2.13. The van der Waals surface area contributed by atoms with E-state index in [0.29, 0.717) is 18.5 Å². The molecule has 1 aromatic heterocycles. The lowest BCUT2D eigenvalue weighted by atomic mass is 10.2. The van der Waals surface area contributed by atoms with E-state index < -0.39 is 5.91 Å². The molecule has 0 aliphatic rings. The lowest BCUT2D eigenvalue weighted by molar-refractivity contribution is -0.121. The second-order valence-corrected chi connectivity index (χ2v) is 5.78. The van der Waals surface area contributed by atoms with E-state index in [-0.39, 0.29) is 24.0 Å². The number of nitrogens with zero attached hydrogens (tertiary/aromatic N) is 1. The van der Waals surface area contributed by atoms with Crippen molar-refractivity contribution in [3.05, 3.63) is 54.0 Å². The normalized spacial score (nSPS) is 10.1. The summed E-state index contributed by atoms with van der Waals surface area (Å²) >= 11 is 0. The average Bonchev–Trinajstić information content (AvgIpc) is 3.18. The number of hydrogen-bond acceptors (Lipinski definition) is 5. The Morgan fingerprint density at radius 2 is 1.85 bits per heavy atom. The van der Waals surface area contributed by atoms with Gasteiger partial charge in [-0.25, -0.2) is 0 Å². The van der Waals surface area contributed by atoms with Crippen molar-refractivity contribution in [2.45, 2.75) is 12.8 Å². The average molecular weight is 358 g/mol. The van der Waals surface area contributed by atoms with Crippen molar-refractivity contribution in [1.82, 2.24) is 16.2 Å². The number of hydrazine groups is 1. The molecule has 0 radical (unpaired) electrons. The second kappa shape index (κ2) is 9.26. The fourth-order valence-electron chi connectivity index (χ4n) is 2.13. The van der Waals surface area contributed by atoms with Gasteiger partial charge in [-0.05, 0) is 36.8 Å². The van der Waals surface area contributed by atoms with E-state index in [1.54, 1.807) is 30.3 Å². The number of nitrogens with one attached hydrogen (secondary N) is 3. The first-order valence-corrected chi connectivity index (χ1v) is 8.15. The molecule has 138 valence electrons. The standard InChI is InChI=1S/C18H22N4O4/c1-22(2)14-7-3-6-13(12-14)17(24)21-20-16(23)9-4-10-19-18(25)15-8-5-11-26-15/h3,5-8,11-12H,4,9-10H2,1-2H3,(H,19,25)(H,20,23)(H,21,24). The zero-order chi connectivity index (χ0) is 18.9. The van der Waals surface area contributed by atoms with Crippen LogP contribution in [0.25, 0.3) is 0 Å². The van der Waals surface area contributed by atoms with Crippen LogP contribution in [0.15, 0.2) is 47.1 Å². The molecular formula is C18H22N4O4. The number of hydrogen-bond donors (Lipinski definition) is 3. The molecule has 0 aliphatic carbocycles. The second-order valence-electron chi connectivity index (χ2n) is 5.78. The molecule has 2 aromatic rings. The largest absolute Gasteiger partial charge is 0.459 e. The van der Waals surface area contributed by atoms with Crippen molar-refractivity contribution >= 4 is 23.4 Å². The Bertz CT molecular complexity index is 756. The predicted octanol–water partition coefficient (Wildman–Crippen LogP) is 1.32. The van der Waals surface area contributed by atoms with Gasteiger partial charge in [-0.1, -0.05) is 6.07 Å². The first-order valence-electron chi connectivity index (χ1n) is 8.15. The van der Waals surface area contributed by atoms with Crippen LogP contribution in [0.5, 0.6) is 0 Å². The van der Waals surface area contributed by atoms with Crippen LogP contribution in [0.3, 0.4) is 0 Å². The van der Waals surface area contributed by atoms with E-state index in [0.717, 1.165) is 5.69 Å². The number of amides is 3. The van der Waals surface area contributed by atoms with Gasteiger partial charge < -0.3 is 14.6 Å². The monoisotopic (exact) mass is 358 g/mol. The van der Waals surface area contributed by atoms with E-state index in [4.69, 9.17) is 4.42 Å². The van der Waals surface area contributed by atoms with E-state index in [9.17, 15) is 14.4 Å². The third kappa shape index (κ3) is 5.66. The predicted molar refractivity (Wildman–Crippen MR) is 96.7 cm³/mol. The summed E-state index contributed by atoms with van der Waals surface area (Å²) in [5.74, 6) is -0.839. The summed E-state index contributed by atoms with van der Waals surface area (Å²) in [5, 5.41) is 2.64. The molecule has 8 heteroatoms. The van der Waals surface area contributed by atoms with Crippen molar-refractivity contribution < 1.29 is 18.8 Å². The van der Waals surface area contributed by atoms with Crippen molar-refractivity contribution in [2.24, 2.45) is 0 Å². The molecule has 2 rings (SSSR count). The van der Waals surface area contributed by atoms with Gasteiger partial charge in [0.15, 0.2) is 5.76 Å². The summed E-state index contributed by atoms with van der Waals surface area (Å²) in [6.45, 7) is 0.325. The third-order valence-corrected chi connectivity index (χ3v) is 3.55. The highest BCUT2D eigenvalue weighted by Gasteiger charge is 2.10. The maximum absolute atomic E-state index is 12.1. The minimum absolute atomic E-state index is 0.163. The van der Waals surface area contributed by atoms with E-state index in [2.05, 4.69) is 16.2 Å². The number of benzene rings is 1. The number of carbonyl (C=O) groups is 3. The van der Waals surface area contributed by atoms with Crippen molar-refractivity contribution in [1.29, 1.82) is 0 Å².